The van der Waals surface area contributed by atoms with Gasteiger partial charge in [0.2, 0.25) is 0 Å². The van der Waals surface area contributed by atoms with Gasteiger partial charge in [-0.1, -0.05) is 12.1 Å². The second-order valence-electron chi connectivity index (χ2n) is 4.42. The maximum atomic E-state index is 13.1. The summed E-state index contributed by atoms with van der Waals surface area (Å²) >= 11 is 0. The minimum absolute atomic E-state index is 0.0634. The fraction of sp³-hybridized carbons (Fsp3) is 0.133. The number of carbonyl (C=O) groups is 1. The van der Waals surface area contributed by atoms with Crippen LogP contribution in [0.5, 0.6) is 0 Å². The van der Waals surface area contributed by atoms with Gasteiger partial charge in [-0.25, -0.2) is 13.2 Å². The topological polar surface area (TPSA) is 20.3 Å². The minimum Gasteiger partial charge on any atom is -0.337 e. The van der Waals surface area contributed by atoms with Crippen LogP contribution < -0.4 is 0 Å². The number of rotatable bonds is 3. The van der Waals surface area contributed by atoms with Crippen LogP contribution in [0.2, 0.25) is 0 Å². The summed E-state index contributed by atoms with van der Waals surface area (Å²) in [4.78, 5) is 13.4. The summed E-state index contributed by atoms with van der Waals surface area (Å²) in [7, 11) is 1.53. The van der Waals surface area contributed by atoms with Crippen LogP contribution in [0.25, 0.3) is 0 Å². The van der Waals surface area contributed by atoms with Gasteiger partial charge in [0.1, 0.15) is 5.82 Å². The maximum Gasteiger partial charge on any atom is 0.254 e. The molecule has 0 spiro atoms. The smallest absolute Gasteiger partial charge is 0.254 e. The molecule has 0 radical (unpaired) electrons. The van der Waals surface area contributed by atoms with Crippen molar-refractivity contribution in [3.05, 3.63) is 71.0 Å². The van der Waals surface area contributed by atoms with Gasteiger partial charge in [0.15, 0.2) is 11.6 Å². The van der Waals surface area contributed by atoms with Crippen LogP contribution in [0.15, 0.2) is 42.5 Å². The van der Waals surface area contributed by atoms with Gasteiger partial charge in [0, 0.05) is 19.2 Å². The summed E-state index contributed by atoms with van der Waals surface area (Å²) in [5.41, 5.74) is 0.804. The van der Waals surface area contributed by atoms with Crippen molar-refractivity contribution in [3.63, 3.8) is 0 Å². The van der Waals surface area contributed by atoms with Gasteiger partial charge in [-0.05, 0) is 35.9 Å². The molecular formula is C15H12F3NO. The number of hydrogen-bond donors (Lipinski definition) is 0. The Morgan fingerprint density at radius 1 is 1.00 bits per heavy atom. The molecule has 0 N–H and O–H groups in total. The normalized spacial score (nSPS) is 10.4. The zero-order chi connectivity index (χ0) is 14.7. The van der Waals surface area contributed by atoms with Crippen molar-refractivity contribution in [1.29, 1.82) is 0 Å². The Kier molecular flexibility index (Phi) is 4.08. The van der Waals surface area contributed by atoms with E-state index in [2.05, 4.69) is 0 Å². The van der Waals surface area contributed by atoms with Gasteiger partial charge in [-0.15, -0.1) is 0 Å². The summed E-state index contributed by atoms with van der Waals surface area (Å²) in [6, 6.07) is 8.71. The Balaban J connectivity index is 2.11. The van der Waals surface area contributed by atoms with Crippen LogP contribution in [-0.4, -0.2) is 17.9 Å². The van der Waals surface area contributed by atoms with Crippen molar-refractivity contribution in [3.8, 4) is 0 Å². The Morgan fingerprint density at radius 3 is 2.25 bits per heavy atom. The van der Waals surface area contributed by atoms with E-state index in [1.165, 1.54) is 30.1 Å². The number of amides is 1. The van der Waals surface area contributed by atoms with Crippen molar-refractivity contribution in [2.24, 2.45) is 0 Å². The highest BCUT2D eigenvalue weighted by Crippen LogP contribution is 2.12. The molecule has 0 saturated heterocycles. The Hall–Kier alpha value is -2.30. The van der Waals surface area contributed by atoms with Crippen molar-refractivity contribution in [2.45, 2.75) is 6.54 Å². The number of halogens is 3. The first kappa shape index (κ1) is 14.1. The second-order valence-corrected chi connectivity index (χ2v) is 4.42. The zero-order valence-electron chi connectivity index (χ0n) is 10.7. The van der Waals surface area contributed by atoms with E-state index >= 15 is 0 Å². The lowest BCUT2D eigenvalue weighted by molar-refractivity contribution is 0.0784. The van der Waals surface area contributed by atoms with Crippen LogP contribution >= 0.6 is 0 Å². The average Bonchev–Trinajstić information content (AvgIpc) is 2.43. The van der Waals surface area contributed by atoms with E-state index in [0.717, 1.165) is 17.7 Å². The molecule has 0 aliphatic carbocycles. The number of carbonyl (C=O) groups excluding carboxylic acids is 1. The van der Waals surface area contributed by atoms with Gasteiger partial charge in [-0.2, -0.15) is 0 Å². The van der Waals surface area contributed by atoms with E-state index in [9.17, 15) is 18.0 Å². The first-order valence-electron chi connectivity index (χ1n) is 5.92. The molecule has 0 heterocycles. The molecule has 2 rings (SSSR count). The third kappa shape index (κ3) is 3.17. The Bertz CT molecular complexity index is 626. The van der Waals surface area contributed by atoms with Gasteiger partial charge in [0.25, 0.3) is 5.91 Å². The van der Waals surface area contributed by atoms with Crippen LogP contribution in [0.1, 0.15) is 15.9 Å². The summed E-state index contributed by atoms with van der Waals surface area (Å²) in [5, 5.41) is 0. The largest absolute Gasteiger partial charge is 0.337 e. The molecule has 20 heavy (non-hydrogen) atoms. The SMILES string of the molecule is CN(Cc1ccc(F)cc1)C(=O)c1ccc(F)c(F)c1. The summed E-state index contributed by atoms with van der Waals surface area (Å²) in [6.45, 7) is 0.248. The van der Waals surface area contributed by atoms with E-state index < -0.39 is 17.5 Å². The van der Waals surface area contributed by atoms with E-state index in [1.807, 2.05) is 0 Å². The van der Waals surface area contributed by atoms with Crippen molar-refractivity contribution >= 4 is 5.91 Å². The zero-order valence-corrected chi connectivity index (χ0v) is 10.7. The molecule has 0 fully saturated rings. The molecule has 0 unspecified atom stereocenters. The lowest BCUT2D eigenvalue weighted by atomic mass is 10.1. The Labute approximate surface area is 114 Å². The first-order chi connectivity index (χ1) is 9.47. The molecule has 0 bridgehead atoms. The van der Waals surface area contributed by atoms with E-state index in [1.54, 1.807) is 12.1 Å². The molecule has 0 atom stereocenters. The van der Waals surface area contributed by atoms with Gasteiger partial charge < -0.3 is 4.90 Å². The molecule has 1 amide bonds. The summed E-state index contributed by atoms with van der Waals surface area (Å²) in [6.07, 6.45) is 0. The highest BCUT2D eigenvalue weighted by Gasteiger charge is 2.14. The Morgan fingerprint density at radius 2 is 1.65 bits per heavy atom. The maximum absolute atomic E-state index is 13.1. The highest BCUT2D eigenvalue weighted by molar-refractivity contribution is 5.94. The number of nitrogens with zero attached hydrogens (tertiary/aromatic N) is 1. The van der Waals surface area contributed by atoms with E-state index in [0.29, 0.717) is 0 Å². The molecule has 0 aliphatic rings. The molecular weight excluding hydrogens is 267 g/mol. The average molecular weight is 279 g/mol. The minimum atomic E-state index is -1.06. The van der Waals surface area contributed by atoms with Crippen LogP contribution in [0.4, 0.5) is 13.2 Å². The lowest BCUT2D eigenvalue weighted by Crippen LogP contribution is -2.26. The van der Waals surface area contributed by atoms with Crippen molar-refractivity contribution in [1.82, 2.24) is 4.90 Å². The fourth-order valence-corrected chi connectivity index (χ4v) is 1.79. The predicted molar refractivity (Wildman–Crippen MR) is 68.6 cm³/mol. The second kappa shape index (κ2) is 5.77. The molecule has 2 aromatic rings. The molecule has 0 saturated carbocycles. The third-order valence-corrected chi connectivity index (χ3v) is 2.85. The number of hydrogen-bond acceptors (Lipinski definition) is 1. The van der Waals surface area contributed by atoms with Crippen LogP contribution in [0.3, 0.4) is 0 Å². The van der Waals surface area contributed by atoms with Crippen molar-refractivity contribution in [2.75, 3.05) is 7.05 Å². The highest BCUT2D eigenvalue weighted by atomic mass is 19.2. The van der Waals surface area contributed by atoms with E-state index in [-0.39, 0.29) is 17.9 Å². The van der Waals surface area contributed by atoms with Gasteiger partial charge >= 0.3 is 0 Å². The standard InChI is InChI=1S/C15H12F3NO/c1-19(9-10-2-5-12(16)6-3-10)15(20)11-4-7-13(17)14(18)8-11/h2-8H,9H2,1H3. The fourth-order valence-electron chi connectivity index (χ4n) is 1.79. The quantitative estimate of drug-likeness (QED) is 0.843. The molecule has 2 aromatic carbocycles. The predicted octanol–water partition coefficient (Wildman–Crippen LogP) is 3.38. The molecule has 104 valence electrons. The molecule has 2 nitrogen and oxygen atoms in total. The monoisotopic (exact) mass is 279 g/mol. The van der Waals surface area contributed by atoms with Crippen LogP contribution in [0, 0.1) is 17.5 Å². The molecule has 5 heteroatoms. The molecule has 0 aromatic heterocycles. The lowest BCUT2D eigenvalue weighted by Gasteiger charge is -2.17. The van der Waals surface area contributed by atoms with Crippen molar-refractivity contribution < 1.29 is 18.0 Å². The van der Waals surface area contributed by atoms with Gasteiger partial charge in [0.05, 0.1) is 0 Å². The number of benzene rings is 2. The third-order valence-electron chi connectivity index (χ3n) is 2.85. The summed E-state index contributed by atoms with van der Waals surface area (Å²) < 4.78 is 38.7. The molecule has 0 aliphatic heterocycles. The van der Waals surface area contributed by atoms with E-state index in [4.69, 9.17) is 0 Å². The summed E-state index contributed by atoms with van der Waals surface area (Å²) in [5.74, 6) is -2.86. The first-order valence-corrected chi connectivity index (χ1v) is 5.92. The van der Waals surface area contributed by atoms with Gasteiger partial charge in [-0.3, -0.25) is 4.79 Å². The van der Waals surface area contributed by atoms with Crippen LogP contribution in [-0.2, 0) is 6.54 Å².